The number of rotatable bonds is 5. The van der Waals surface area contributed by atoms with Crippen LogP contribution in [0.25, 0.3) is 0 Å². The SMILES string of the molecule is Cc1ccccc1C(=O)N1[C@@H](C(=O)NCc2ccco2)COC12CCN(C(=O)c1cccc(Cl)c1)CC2. The van der Waals surface area contributed by atoms with Gasteiger partial charge in [-0.15, -0.1) is 0 Å². The second kappa shape index (κ2) is 10.4. The first kappa shape index (κ1) is 25.0. The second-order valence-electron chi connectivity index (χ2n) is 9.36. The predicted octanol–water partition coefficient (Wildman–Crippen LogP) is 4.03. The highest BCUT2D eigenvalue weighted by Gasteiger charge is 2.54. The van der Waals surface area contributed by atoms with Gasteiger partial charge in [-0.05, 0) is 48.9 Å². The zero-order valence-electron chi connectivity index (χ0n) is 20.5. The van der Waals surface area contributed by atoms with Gasteiger partial charge in [0.2, 0.25) is 5.91 Å². The van der Waals surface area contributed by atoms with Gasteiger partial charge in [0.25, 0.3) is 11.8 Å². The van der Waals surface area contributed by atoms with Crippen molar-refractivity contribution in [2.45, 2.75) is 38.1 Å². The van der Waals surface area contributed by atoms with E-state index < -0.39 is 11.8 Å². The van der Waals surface area contributed by atoms with Crippen LogP contribution in [0.4, 0.5) is 0 Å². The third-order valence-corrected chi connectivity index (χ3v) is 7.31. The Morgan fingerprint density at radius 2 is 1.81 bits per heavy atom. The van der Waals surface area contributed by atoms with Crippen LogP contribution >= 0.6 is 11.6 Å². The first-order chi connectivity index (χ1) is 17.9. The Balaban J connectivity index is 1.38. The molecule has 2 saturated heterocycles. The van der Waals surface area contributed by atoms with Gasteiger partial charge in [-0.2, -0.15) is 0 Å². The fraction of sp³-hybridized carbons (Fsp3) is 0.321. The molecule has 0 bridgehead atoms. The summed E-state index contributed by atoms with van der Waals surface area (Å²) in [5.74, 6) is -0.0810. The van der Waals surface area contributed by atoms with Crippen molar-refractivity contribution >= 4 is 29.3 Å². The van der Waals surface area contributed by atoms with E-state index in [4.69, 9.17) is 20.8 Å². The Morgan fingerprint density at radius 1 is 1.03 bits per heavy atom. The molecule has 3 amide bonds. The Bertz CT molecular complexity index is 1300. The number of piperidine rings is 1. The molecule has 192 valence electrons. The molecule has 1 aromatic heterocycles. The number of hydrogen-bond donors (Lipinski definition) is 1. The monoisotopic (exact) mass is 521 g/mol. The van der Waals surface area contributed by atoms with Crippen molar-refractivity contribution in [3.05, 3.63) is 94.4 Å². The van der Waals surface area contributed by atoms with Gasteiger partial charge in [0.15, 0.2) is 0 Å². The van der Waals surface area contributed by atoms with Crippen LogP contribution in [0.1, 0.15) is 44.9 Å². The van der Waals surface area contributed by atoms with E-state index in [0.717, 1.165) is 5.56 Å². The molecule has 1 N–H and O–H groups in total. The molecule has 2 aliphatic heterocycles. The lowest BCUT2D eigenvalue weighted by Gasteiger charge is -2.44. The average Bonchev–Trinajstić information content (AvgIpc) is 3.56. The molecule has 3 aromatic rings. The quantitative estimate of drug-likeness (QED) is 0.547. The highest BCUT2D eigenvalue weighted by Crippen LogP contribution is 2.39. The fourth-order valence-corrected chi connectivity index (χ4v) is 5.27. The maximum Gasteiger partial charge on any atom is 0.257 e. The number of nitrogens with zero attached hydrogens (tertiary/aromatic N) is 2. The van der Waals surface area contributed by atoms with E-state index in [1.807, 2.05) is 25.1 Å². The smallest absolute Gasteiger partial charge is 0.257 e. The van der Waals surface area contributed by atoms with E-state index in [9.17, 15) is 14.4 Å². The number of amides is 3. The summed E-state index contributed by atoms with van der Waals surface area (Å²) in [6, 6.07) is 16.9. The summed E-state index contributed by atoms with van der Waals surface area (Å²) < 4.78 is 11.6. The summed E-state index contributed by atoms with van der Waals surface area (Å²) in [7, 11) is 0. The summed E-state index contributed by atoms with van der Waals surface area (Å²) >= 11 is 6.08. The van der Waals surface area contributed by atoms with Gasteiger partial charge in [0.05, 0.1) is 19.4 Å². The van der Waals surface area contributed by atoms with E-state index in [-0.39, 0.29) is 30.9 Å². The van der Waals surface area contributed by atoms with Crippen LogP contribution in [0.15, 0.2) is 71.3 Å². The molecule has 2 fully saturated rings. The maximum absolute atomic E-state index is 13.9. The van der Waals surface area contributed by atoms with Crippen molar-refractivity contribution < 1.29 is 23.5 Å². The first-order valence-electron chi connectivity index (χ1n) is 12.3. The summed E-state index contributed by atoms with van der Waals surface area (Å²) in [5.41, 5.74) is 0.863. The molecular weight excluding hydrogens is 494 g/mol. The molecular formula is C28H28ClN3O5. The third-order valence-electron chi connectivity index (χ3n) is 7.08. The number of aryl methyl sites for hydroxylation is 1. The van der Waals surface area contributed by atoms with Crippen molar-refractivity contribution in [1.82, 2.24) is 15.1 Å². The maximum atomic E-state index is 13.9. The van der Waals surface area contributed by atoms with Crippen LogP contribution in [-0.2, 0) is 16.1 Å². The van der Waals surface area contributed by atoms with Crippen LogP contribution in [-0.4, -0.2) is 59.0 Å². The molecule has 37 heavy (non-hydrogen) atoms. The number of furan rings is 1. The molecule has 2 aromatic carbocycles. The molecule has 0 aliphatic carbocycles. The van der Waals surface area contributed by atoms with Crippen molar-refractivity contribution in [1.29, 1.82) is 0 Å². The van der Waals surface area contributed by atoms with Crippen LogP contribution in [0.5, 0.6) is 0 Å². The van der Waals surface area contributed by atoms with Gasteiger partial charge in [-0.25, -0.2) is 0 Å². The normalized spacial score (nSPS) is 18.7. The molecule has 5 rings (SSSR count). The number of carbonyl (C=O) groups excluding carboxylic acids is 3. The van der Waals surface area contributed by atoms with Crippen LogP contribution in [0.2, 0.25) is 5.02 Å². The van der Waals surface area contributed by atoms with Crippen LogP contribution in [0.3, 0.4) is 0 Å². The molecule has 1 spiro atoms. The van der Waals surface area contributed by atoms with Gasteiger partial charge in [-0.3, -0.25) is 19.3 Å². The number of likely N-dealkylation sites (tertiary alicyclic amines) is 1. The van der Waals surface area contributed by atoms with E-state index in [1.54, 1.807) is 58.5 Å². The Morgan fingerprint density at radius 3 is 2.51 bits per heavy atom. The van der Waals surface area contributed by atoms with Gasteiger partial charge in [-0.1, -0.05) is 35.9 Å². The first-order valence-corrected chi connectivity index (χ1v) is 12.6. The number of hydrogen-bond acceptors (Lipinski definition) is 5. The molecule has 1 atom stereocenters. The van der Waals surface area contributed by atoms with Gasteiger partial charge in [0, 0.05) is 42.1 Å². The van der Waals surface area contributed by atoms with Crippen molar-refractivity contribution in [2.24, 2.45) is 0 Å². The van der Waals surface area contributed by atoms with Crippen LogP contribution in [0, 0.1) is 6.92 Å². The van der Waals surface area contributed by atoms with Crippen molar-refractivity contribution in [3.8, 4) is 0 Å². The Kier molecular flexibility index (Phi) is 7.04. The molecule has 0 saturated carbocycles. The topological polar surface area (TPSA) is 92.1 Å². The fourth-order valence-electron chi connectivity index (χ4n) is 5.08. The molecule has 3 heterocycles. The lowest BCUT2D eigenvalue weighted by atomic mass is 9.95. The van der Waals surface area contributed by atoms with E-state index in [0.29, 0.717) is 47.8 Å². The standard InChI is InChI=1S/C28H28ClN3O5/c1-19-6-2-3-10-23(19)27(35)32-24(25(33)30-17-22-9-5-15-36-22)18-37-28(32)11-13-31(14-12-28)26(34)20-7-4-8-21(29)16-20/h2-10,15-16,24H,11-14,17-18H2,1H3,(H,30,33)/t24-/m1/s1. The minimum atomic E-state index is -0.989. The summed E-state index contributed by atoms with van der Waals surface area (Å²) in [4.78, 5) is 43.6. The molecule has 0 radical (unpaired) electrons. The highest BCUT2D eigenvalue weighted by atomic mass is 35.5. The summed E-state index contributed by atoms with van der Waals surface area (Å²) in [6.07, 6.45) is 2.32. The van der Waals surface area contributed by atoms with Gasteiger partial charge >= 0.3 is 0 Å². The summed E-state index contributed by atoms with van der Waals surface area (Å²) in [6.45, 7) is 2.91. The zero-order valence-corrected chi connectivity index (χ0v) is 21.2. The molecule has 2 aliphatic rings. The summed E-state index contributed by atoms with van der Waals surface area (Å²) in [5, 5.41) is 3.37. The Labute approximate surface area is 220 Å². The Hall–Kier alpha value is -3.62. The van der Waals surface area contributed by atoms with Crippen molar-refractivity contribution in [2.75, 3.05) is 19.7 Å². The van der Waals surface area contributed by atoms with Crippen LogP contribution < -0.4 is 5.32 Å². The molecule has 0 unspecified atom stereocenters. The molecule has 8 nitrogen and oxygen atoms in total. The zero-order chi connectivity index (χ0) is 26.0. The van der Waals surface area contributed by atoms with E-state index in [2.05, 4.69) is 5.32 Å². The van der Waals surface area contributed by atoms with E-state index in [1.165, 1.54) is 0 Å². The minimum absolute atomic E-state index is 0.0733. The number of nitrogens with one attached hydrogen (secondary N) is 1. The van der Waals surface area contributed by atoms with Gasteiger partial charge < -0.3 is 19.4 Å². The third kappa shape index (κ3) is 4.99. The number of halogens is 1. The lowest BCUT2D eigenvalue weighted by molar-refractivity contribution is -0.128. The van der Waals surface area contributed by atoms with Crippen molar-refractivity contribution in [3.63, 3.8) is 0 Å². The minimum Gasteiger partial charge on any atom is -0.467 e. The average molecular weight is 522 g/mol. The highest BCUT2D eigenvalue weighted by molar-refractivity contribution is 6.30. The lowest BCUT2D eigenvalue weighted by Crippen LogP contribution is -2.59. The largest absolute Gasteiger partial charge is 0.467 e. The van der Waals surface area contributed by atoms with E-state index >= 15 is 0 Å². The second-order valence-corrected chi connectivity index (χ2v) is 9.80. The predicted molar refractivity (Wildman–Crippen MR) is 137 cm³/mol. The number of carbonyl (C=O) groups is 3. The number of benzene rings is 2. The number of ether oxygens (including phenoxy) is 1. The van der Waals surface area contributed by atoms with Gasteiger partial charge in [0.1, 0.15) is 17.5 Å². The molecule has 9 heteroatoms.